The minimum absolute atomic E-state index is 0.644. The van der Waals surface area contributed by atoms with Crippen LogP contribution in [0.4, 0.5) is 0 Å². The zero-order chi connectivity index (χ0) is 11.9. The fourth-order valence-electron chi connectivity index (χ4n) is 2.79. The monoisotopic (exact) mass is 224 g/mol. The molecular formula is C17H20. The highest BCUT2D eigenvalue weighted by Crippen LogP contribution is 2.51. The van der Waals surface area contributed by atoms with Gasteiger partial charge in [0.2, 0.25) is 0 Å². The van der Waals surface area contributed by atoms with Gasteiger partial charge in [-0.25, -0.2) is 0 Å². The van der Waals surface area contributed by atoms with Crippen LogP contribution < -0.4 is 0 Å². The van der Waals surface area contributed by atoms with Gasteiger partial charge in [0.1, 0.15) is 0 Å². The molecule has 1 atom stereocenters. The number of hydrogen-bond donors (Lipinski definition) is 0. The Hall–Kier alpha value is -1.30. The van der Waals surface area contributed by atoms with Crippen LogP contribution in [0.2, 0.25) is 0 Å². The van der Waals surface area contributed by atoms with Gasteiger partial charge in [0.15, 0.2) is 0 Å². The molecule has 1 unspecified atom stereocenters. The fraction of sp³-hybridized carbons (Fsp3) is 0.412. The zero-order valence-electron chi connectivity index (χ0n) is 10.7. The van der Waals surface area contributed by atoms with E-state index in [1.165, 1.54) is 35.6 Å². The first kappa shape index (κ1) is 10.8. The van der Waals surface area contributed by atoms with Gasteiger partial charge in [-0.1, -0.05) is 56.3 Å². The molecule has 0 spiro atoms. The molecule has 0 aromatic heterocycles. The molecule has 1 fully saturated rings. The summed E-state index contributed by atoms with van der Waals surface area (Å²) in [6.07, 6.45) is 4.18. The lowest BCUT2D eigenvalue weighted by Gasteiger charge is -2.17. The van der Waals surface area contributed by atoms with Gasteiger partial charge in [0.05, 0.1) is 0 Å². The Morgan fingerprint density at radius 3 is 2.47 bits per heavy atom. The maximum absolute atomic E-state index is 2.42. The Morgan fingerprint density at radius 1 is 1.06 bits per heavy atom. The summed E-state index contributed by atoms with van der Waals surface area (Å²) in [7, 11) is 0. The maximum Gasteiger partial charge on any atom is -0.0181 e. The van der Waals surface area contributed by atoms with Crippen LogP contribution in [0.15, 0.2) is 42.5 Å². The molecule has 1 saturated carbocycles. The van der Waals surface area contributed by atoms with E-state index in [1.54, 1.807) is 0 Å². The van der Waals surface area contributed by atoms with E-state index in [-0.39, 0.29) is 0 Å². The van der Waals surface area contributed by atoms with Crippen molar-refractivity contribution in [2.45, 2.75) is 39.0 Å². The van der Waals surface area contributed by atoms with Gasteiger partial charge in [-0.05, 0) is 46.9 Å². The molecule has 17 heavy (non-hydrogen) atoms. The van der Waals surface area contributed by atoms with Crippen molar-refractivity contribution in [1.29, 1.82) is 0 Å². The first-order chi connectivity index (χ1) is 8.16. The highest BCUT2D eigenvalue weighted by Gasteiger charge is 2.38. The van der Waals surface area contributed by atoms with E-state index in [4.69, 9.17) is 0 Å². The minimum atomic E-state index is 0.644. The summed E-state index contributed by atoms with van der Waals surface area (Å²) in [5.74, 6) is 0.687. The average molecular weight is 224 g/mol. The van der Waals surface area contributed by atoms with E-state index in [0.717, 1.165) is 0 Å². The van der Waals surface area contributed by atoms with Crippen LogP contribution in [0.5, 0.6) is 0 Å². The van der Waals surface area contributed by atoms with Gasteiger partial charge >= 0.3 is 0 Å². The third kappa shape index (κ3) is 2.22. The zero-order valence-corrected chi connectivity index (χ0v) is 10.7. The second-order valence-corrected chi connectivity index (χ2v) is 6.02. The van der Waals surface area contributed by atoms with Crippen molar-refractivity contribution >= 4 is 10.8 Å². The first-order valence-corrected chi connectivity index (χ1v) is 6.65. The molecule has 1 aliphatic carbocycles. The van der Waals surface area contributed by atoms with E-state index >= 15 is 0 Å². The average Bonchev–Trinajstić information content (AvgIpc) is 3.06. The van der Waals surface area contributed by atoms with Crippen molar-refractivity contribution in [3.63, 3.8) is 0 Å². The van der Waals surface area contributed by atoms with Crippen LogP contribution in [0.1, 0.15) is 44.6 Å². The molecule has 0 nitrogen and oxygen atoms in total. The van der Waals surface area contributed by atoms with Crippen LogP contribution in [0.25, 0.3) is 10.8 Å². The van der Waals surface area contributed by atoms with Crippen LogP contribution >= 0.6 is 0 Å². The van der Waals surface area contributed by atoms with E-state index in [2.05, 4.69) is 56.3 Å². The Labute approximate surface area is 104 Å². The standard InChI is InChI=1S/C17H20/c1-13(12-17(2)9-10-17)15-8-7-14-5-3-4-6-16(14)11-15/h3-8,11,13H,9-10,12H2,1-2H3. The van der Waals surface area contributed by atoms with Gasteiger partial charge in [0.25, 0.3) is 0 Å². The number of hydrogen-bond acceptors (Lipinski definition) is 0. The van der Waals surface area contributed by atoms with Gasteiger partial charge < -0.3 is 0 Å². The lowest BCUT2D eigenvalue weighted by molar-refractivity contribution is 0.468. The maximum atomic E-state index is 2.42. The van der Waals surface area contributed by atoms with Gasteiger partial charge in [-0.2, -0.15) is 0 Å². The molecule has 0 saturated heterocycles. The quantitative estimate of drug-likeness (QED) is 0.677. The molecule has 2 aromatic rings. The smallest absolute Gasteiger partial charge is 0.0181 e. The Kier molecular flexibility index (Phi) is 2.47. The van der Waals surface area contributed by atoms with Crippen molar-refractivity contribution in [3.8, 4) is 0 Å². The number of rotatable bonds is 3. The predicted molar refractivity (Wildman–Crippen MR) is 74.3 cm³/mol. The Balaban J connectivity index is 1.89. The molecule has 0 N–H and O–H groups in total. The molecule has 2 aromatic carbocycles. The largest absolute Gasteiger partial charge is 0.0616 e. The van der Waals surface area contributed by atoms with E-state index in [9.17, 15) is 0 Å². The number of benzene rings is 2. The third-order valence-electron chi connectivity index (χ3n) is 4.25. The van der Waals surface area contributed by atoms with Crippen molar-refractivity contribution in [2.24, 2.45) is 5.41 Å². The molecule has 0 heteroatoms. The molecular weight excluding hydrogens is 204 g/mol. The van der Waals surface area contributed by atoms with Gasteiger partial charge in [0, 0.05) is 0 Å². The molecule has 1 aliphatic rings. The van der Waals surface area contributed by atoms with Crippen LogP contribution in [0.3, 0.4) is 0 Å². The summed E-state index contributed by atoms with van der Waals surface area (Å²) in [4.78, 5) is 0. The molecule has 0 bridgehead atoms. The summed E-state index contributed by atoms with van der Waals surface area (Å²) in [5.41, 5.74) is 2.14. The van der Waals surface area contributed by atoms with Crippen molar-refractivity contribution < 1.29 is 0 Å². The van der Waals surface area contributed by atoms with E-state index < -0.39 is 0 Å². The fourth-order valence-corrected chi connectivity index (χ4v) is 2.79. The van der Waals surface area contributed by atoms with Crippen LogP contribution in [-0.2, 0) is 0 Å². The summed E-state index contributed by atoms with van der Waals surface area (Å²) in [6.45, 7) is 4.79. The lowest BCUT2D eigenvalue weighted by atomic mass is 9.88. The predicted octanol–water partition coefficient (Wildman–Crippen LogP) is 5.13. The highest BCUT2D eigenvalue weighted by molar-refractivity contribution is 5.83. The Morgan fingerprint density at radius 2 is 1.76 bits per heavy atom. The minimum Gasteiger partial charge on any atom is -0.0616 e. The second-order valence-electron chi connectivity index (χ2n) is 6.02. The SMILES string of the molecule is CC(CC1(C)CC1)c1ccc2ccccc2c1. The molecule has 0 heterocycles. The van der Waals surface area contributed by atoms with E-state index in [1.807, 2.05) is 0 Å². The molecule has 0 amide bonds. The summed E-state index contributed by atoms with van der Waals surface area (Å²) in [6, 6.07) is 15.6. The first-order valence-electron chi connectivity index (χ1n) is 6.65. The Bertz CT molecular complexity index is 534. The lowest BCUT2D eigenvalue weighted by Crippen LogP contribution is -2.01. The summed E-state index contributed by atoms with van der Waals surface area (Å²) < 4.78 is 0. The molecule has 0 radical (unpaired) electrons. The second kappa shape index (κ2) is 3.87. The topological polar surface area (TPSA) is 0 Å². The molecule has 3 rings (SSSR count). The van der Waals surface area contributed by atoms with Crippen molar-refractivity contribution in [2.75, 3.05) is 0 Å². The van der Waals surface area contributed by atoms with Gasteiger partial charge in [-0.15, -0.1) is 0 Å². The summed E-state index contributed by atoms with van der Waals surface area (Å²) in [5, 5.41) is 2.72. The van der Waals surface area contributed by atoms with Crippen LogP contribution in [0, 0.1) is 5.41 Å². The van der Waals surface area contributed by atoms with Crippen molar-refractivity contribution in [1.82, 2.24) is 0 Å². The van der Waals surface area contributed by atoms with Gasteiger partial charge in [-0.3, -0.25) is 0 Å². The number of fused-ring (bicyclic) bond motifs is 1. The molecule has 0 aliphatic heterocycles. The van der Waals surface area contributed by atoms with Crippen molar-refractivity contribution in [3.05, 3.63) is 48.0 Å². The van der Waals surface area contributed by atoms with Crippen LogP contribution in [-0.4, -0.2) is 0 Å². The molecule has 88 valence electrons. The third-order valence-corrected chi connectivity index (χ3v) is 4.25. The summed E-state index contributed by atoms with van der Waals surface area (Å²) >= 11 is 0. The normalized spacial score (nSPS) is 19.2. The van der Waals surface area contributed by atoms with E-state index in [0.29, 0.717) is 11.3 Å². The highest BCUT2D eigenvalue weighted by atomic mass is 14.4.